The van der Waals surface area contributed by atoms with E-state index < -0.39 is 0 Å². The maximum Gasteiger partial charge on any atom is 0.155 e. The summed E-state index contributed by atoms with van der Waals surface area (Å²) in [4.78, 5) is 5.35. The van der Waals surface area contributed by atoms with Gasteiger partial charge in [-0.25, -0.2) is 9.37 Å². The standard InChI is InChI=1S/C14H10FNOS2/c15-10-5-6-12(9(7-10)8-17)18-14-16-11-3-1-2-4-13(11)19-14/h1-7,17H,8H2. The predicted molar refractivity (Wildman–Crippen MR) is 76.1 cm³/mol. The minimum Gasteiger partial charge on any atom is -0.392 e. The summed E-state index contributed by atoms with van der Waals surface area (Å²) >= 11 is 3.05. The molecule has 0 aliphatic rings. The highest BCUT2D eigenvalue weighted by molar-refractivity contribution is 8.01. The molecular formula is C14H10FNOS2. The van der Waals surface area contributed by atoms with E-state index in [1.165, 1.54) is 23.9 Å². The van der Waals surface area contributed by atoms with Crippen molar-refractivity contribution in [2.45, 2.75) is 15.8 Å². The van der Waals surface area contributed by atoms with Gasteiger partial charge in [-0.15, -0.1) is 11.3 Å². The maximum atomic E-state index is 13.1. The number of aromatic nitrogens is 1. The van der Waals surface area contributed by atoms with Gasteiger partial charge >= 0.3 is 0 Å². The van der Waals surface area contributed by atoms with Crippen LogP contribution in [0.2, 0.25) is 0 Å². The second-order valence-electron chi connectivity index (χ2n) is 3.96. The van der Waals surface area contributed by atoms with Gasteiger partial charge in [0.2, 0.25) is 0 Å². The fraction of sp³-hybridized carbons (Fsp3) is 0.0714. The van der Waals surface area contributed by atoms with Crippen LogP contribution in [-0.4, -0.2) is 10.1 Å². The number of benzene rings is 2. The van der Waals surface area contributed by atoms with E-state index in [9.17, 15) is 9.50 Å². The molecule has 19 heavy (non-hydrogen) atoms. The van der Waals surface area contributed by atoms with Crippen LogP contribution in [0.5, 0.6) is 0 Å². The van der Waals surface area contributed by atoms with E-state index in [0.29, 0.717) is 5.56 Å². The second-order valence-corrected chi connectivity index (χ2v) is 6.28. The lowest BCUT2D eigenvalue weighted by Crippen LogP contribution is -1.89. The number of thiazole rings is 1. The Kier molecular flexibility index (Phi) is 3.50. The molecule has 2 aromatic carbocycles. The first-order valence-corrected chi connectivity index (χ1v) is 7.32. The number of nitrogens with zero attached hydrogens (tertiary/aromatic N) is 1. The summed E-state index contributed by atoms with van der Waals surface area (Å²) in [7, 11) is 0. The molecule has 0 aliphatic carbocycles. The van der Waals surface area contributed by atoms with E-state index in [2.05, 4.69) is 4.98 Å². The molecule has 0 bridgehead atoms. The Morgan fingerprint density at radius 1 is 1.21 bits per heavy atom. The van der Waals surface area contributed by atoms with Gasteiger partial charge < -0.3 is 5.11 Å². The van der Waals surface area contributed by atoms with E-state index in [4.69, 9.17) is 0 Å². The molecule has 0 spiro atoms. The highest BCUT2D eigenvalue weighted by atomic mass is 32.2. The number of hydrogen-bond acceptors (Lipinski definition) is 4. The number of fused-ring (bicyclic) bond motifs is 1. The van der Waals surface area contributed by atoms with Crippen LogP contribution < -0.4 is 0 Å². The number of aliphatic hydroxyl groups is 1. The van der Waals surface area contributed by atoms with Crippen molar-refractivity contribution in [3.05, 3.63) is 53.8 Å². The van der Waals surface area contributed by atoms with Crippen LogP contribution in [-0.2, 0) is 6.61 Å². The Bertz CT molecular complexity index is 693. The number of aliphatic hydroxyl groups excluding tert-OH is 1. The number of halogens is 1. The van der Waals surface area contributed by atoms with Gasteiger partial charge in [-0.1, -0.05) is 23.9 Å². The molecule has 0 atom stereocenters. The number of para-hydroxylation sites is 1. The van der Waals surface area contributed by atoms with Crippen LogP contribution in [0.3, 0.4) is 0 Å². The van der Waals surface area contributed by atoms with Gasteiger partial charge in [0.15, 0.2) is 4.34 Å². The molecule has 1 N–H and O–H groups in total. The highest BCUT2D eigenvalue weighted by Crippen LogP contribution is 2.36. The van der Waals surface area contributed by atoms with Crippen molar-refractivity contribution in [3.8, 4) is 0 Å². The highest BCUT2D eigenvalue weighted by Gasteiger charge is 2.09. The number of hydrogen-bond donors (Lipinski definition) is 1. The molecule has 96 valence electrons. The monoisotopic (exact) mass is 291 g/mol. The molecule has 0 amide bonds. The molecule has 0 saturated carbocycles. The van der Waals surface area contributed by atoms with Gasteiger partial charge in [0.05, 0.1) is 16.8 Å². The zero-order chi connectivity index (χ0) is 13.2. The Balaban J connectivity index is 1.96. The van der Waals surface area contributed by atoms with Crippen LogP contribution in [0.15, 0.2) is 51.7 Å². The minimum atomic E-state index is -0.335. The number of rotatable bonds is 3. The van der Waals surface area contributed by atoms with Crippen molar-refractivity contribution in [2.24, 2.45) is 0 Å². The minimum absolute atomic E-state index is 0.176. The molecular weight excluding hydrogens is 281 g/mol. The van der Waals surface area contributed by atoms with Crippen molar-refractivity contribution in [2.75, 3.05) is 0 Å². The zero-order valence-corrected chi connectivity index (χ0v) is 11.5. The largest absolute Gasteiger partial charge is 0.392 e. The predicted octanol–water partition coefficient (Wildman–Crippen LogP) is 4.08. The van der Waals surface area contributed by atoms with Gasteiger partial charge in [-0.3, -0.25) is 0 Å². The summed E-state index contributed by atoms with van der Waals surface area (Å²) in [6.45, 7) is -0.176. The molecule has 0 saturated heterocycles. The molecule has 1 heterocycles. The van der Waals surface area contributed by atoms with Crippen molar-refractivity contribution in [1.29, 1.82) is 0 Å². The van der Waals surface area contributed by atoms with Crippen LogP contribution in [0.4, 0.5) is 4.39 Å². The SMILES string of the molecule is OCc1cc(F)ccc1Sc1nc2ccccc2s1. The van der Waals surface area contributed by atoms with E-state index in [0.717, 1.165) is 19.5 Å². The van der Waals surface area contributed by atoms with Crippen LogP contribution in [0, 0.1) is 5.82 Å². The molecule has 2 nitrogen and oxygen atoms in total. The lowest BCUT2D eigenvalue weighted by molar-refractivity contribution is 0.278. The van der Waals surface area contributed by atoms with Crippen LogP contribution >= 0.6 is 23.1 Å². The summed E-state index contributed by atoms with van der Waals surface area (Å²) in [5, 5.41) is 9.26. The third kappa shape index (κ3) is 2.63. The first kappa shape index (κ1) is 12.6. The normalized spacial score (nSPS) is 11.1. The second kappa shape index (κ2) is 5.28. The van der Waals surface area contributed by atoms with Crippen LogP contribution in [0.1, 0.15) is 5.56 Å². The molecule has 0 unspecified atom stereocenters. The Hall–Kier alpha value is -1.43. The van der Waals surface area contributed by atoms with E-state index in [1.807, 2.05) is 24.3 Å². The summed E-state index contributed by atoms with van der Waals surface area (Å²) in [5.74, 6) is -0.335. The summed E-state index contributed by atoms with van der Waals surface area (Å²) in [5.41, 5.74) is 1.55. The molecule has 0 radical (unpaired) electrons. The van der Waals surface area contributed by atoms with Gasteiger partial charge in [0, 0.05) is 4.90 Å². The van der Waals surface area contributed by atoms with E-state index in [1.54, 1.807) is 17.4 Å². The molecule has 3 aromatic rings. The van der Waals surface area contributed by atoms with Crippen molar-refractivity contribution >= 4 is 33.3 Å². The fourth-order valence-corrected chi connectivity index (χ4v) is 3.89. The summed E-state index contributed by atoms with van der Waals surface area (Å²) in [6, 6.07) is 12.4. The third-order valence-corrected chi connectivity index (χ3v) is 4.88. The van der Waals surface area contributed by atoms with Gasteiger partial charge in [-0.05, 0) is 35.9 Å². The van der Waals surface area contributed by atoms with Crippen molar-refractivity contribution in [1.82, 2.24) is 4.98 Å². The Labute approximate surface area is 117 Å². The van der Waals surface area contributed by atoms with Crippen molar-refractivity contribution < 1.29 is 9.50 Å². The summed E-state index contributed by atoms with van der Waals surface area (Å²) in [6.07, 6.45) is 0. The van der Waals surface area contributed by atoms with Crippen LogP contribution in [0.25, 0.3) is 10.2 Å². The van der Waals surface area contributed by atoms with Gasteiger partial charge in [-0.2, -0.15) is 0 Å². The molecule has 0 aliphatic heterocycles. The smallest absolute Gasteiger partial charge is 0.155 e. The average molecular weight is 291 g/mol. The van der Waals surface area contributed by atoms with E-state index in [-0.39, 0.29) is 12.4 Å². The van der Waals surface area contributed by atoms with Crippen molar-refractivity contribution in [3.63, 3.8) is 0 Å². The first-order chi connectivity index (χ1) is 9.26. The Morgan fingerprint density at radius 3 is 2.84 bits per heavy atom. The third-order valence-electron chi connectivity index (χ3n) is 2.66. The lowest BCUT2D eigenvalue weighted by atomic mass is 10.2. The van der Waals surface area contributed by atoms with Gasteiger partial charge in [0.1, 0.15) is 5.82 Å². The topological polar surface area (TPSA) is 33.1 Å². The Morgan fingerprint density at radius 2 is 2.05 bits per heavy atom. The quantitative estimate of drug-likeness (QED) is 0.789. The average Bonchev–Trinajstić information content (AvgIpc) is 2.83. The molecule has 1 aromatic heterocycles. The molecule has 5 heteroatoms. The first-order valence-electron chi connectivity index (χ1n) is 5.69. The van der Waals surface area contributed by atoms with E-state index >= 15 is 0 Å². The molecule has 0 fully saturated rings. The summed E-state index contributed by atoms with van der Waals surface area (Å²) < 4.78 is 15.1. The van der Waals surface area contributed by atoms with Gasteiger partial charge in [0.25, 0.3) is 0 Å². The lowest BCUT2D eigenvalue weighted by Gasteiger charge is -2.04. The molecule has 3 rings (SSSR count). The fourth-order valence-electron chi connectivity index (χ4n) is 1.76. The zero-order valence-electron chi connectivity index (χ0n) is 9.84. The maximum absolute atomic E-state index is 13.1.